The number of nitrogens with one attached hydrogen (secondary N) is 1. The minimum Gasteiger partial charge on any atom is -0.508 e. The maximum Gasteiger partial charge on any atom is 0.115 e. The third kappa shape index (κ3) is 0.636. The van der Waals surface area contributed by atoms with Gasteiger partial charge in [-0.25, -0.2) is 0 Å². The zero-order valence-electron chi connectivity index (χ0n) is 6.75. The van der Waals surface area contributed by atoms with E-state index >= 15 is 0 Å². The van der Waals surface area contributed by atoms with Crippen LogP contribution in [0.5, 0.6) is 5.75 Å². The Labute approximate surface area is 71.2 Å². The molecule has 2 heteroatoms. The molecule has 2 bridgehead atoms. The lowest BCUT2D eigenvalue weighted by molar-refractivity contribution is -0.0220. The third-order valence-corrected chi connectivity index (χ3v) is 3.07. The lowest BCUT2D eigenvalue weighted by Crippen LogP contribution is -2.74. The predicted octanol–water partition coefficient (Wildman–Crippen LogP) is 1.35. The highest BCUT2D eigenvalue weighted by Crippen LogP contribution is 2.52. The number of benzene rings is 1. The Bertz CT molecular complexity index is 317. The summed E-state index contributed by atoms with van der Waals surface area (Å²) in [6, 6.07) is 8.33. The topological polar surface area (TPSA) is 32.3 Å². The summed E-state index contributed by atoms with van der Waals surface area (Å²) in [5, 5.41) is 12.7. The molecule has 3 aliphatic rings. The Kier molecular flexibility index (Phi) is 0.989. The van der Waals surface area contributed by atoms with Crippen LogP contribution in [-0.4, -0.2) is 11.1 Å². The van der Waals surface area contributed by atoms with Gasteiger partial charge in [-0.3, -0.25) is 0 Å². The van der Waals surface area contributed by atoms with E-state index in [1.807, 2.05) is 12.1 Å². The molecule has 3 fully saturated rings. The van der Waals surface area contributed by atoms with Gasteiger partial charge in [-0.1, -0.05) is 12.1 Å². The minimum atomic E-state index is 0.239. The van der Waals surface area contributed by atoms with E-state index in [2.05, 4.69) is 11.4 Å². The first kappa shape index (κ1) is 6.49. The Hall–Kier alpha value is -1.02. The first-order chi connectivity index (χ1) is 5.78. The van der Waals surface area contributed by atoms with Crippen molar-refractivity contribution in [3.63, 3.8) is 0 Å². The number of hydrogen-bond acceptors (Lipinski definition) is 2. The average Bonchev–Trinajstić information content (AvgIpc) is 1.79. The van der Waals surface area contributed by atoms with Crippen molar-refractivity contribution >= 4 is 0 Å². The first-order valence-electron chi connectivity index (χ1n) is 4.36. The molecule has 0 spiro atoms. The normalized spacial score (nSPS) is 36.8. The second-order valence-corrected chi connectivity index (χ2v) is 3.88. The van der Waals surface area contributed by atoms with Crippen molar-refractivity contribution in [2.45, 2.75) is 24.4 Å². The highest BCUT2D eigenvalue weighted by molar-refractivity contribution is 5.39. The summed E-state index contributed by atoms with van der Waals surface area (Å²) < 4.78 is 0. The van der Waals surface area contributed by atoms with Gasteiger partial charge in [0.25, 0.3) is 0 Å². The van der Waals surface area contributed by atoms with E-state index in [0.29, 0.717) is 5.75 Å². The molecule has 0 atom stereocenters. The molecule has 0 radical (unpaired) electrons. The van der Waals surface area contributed by atoms with Crippen molar-refractivity contribution in [2.24, 2.45) is 0 Å². The lowest BCUT2D eigenvalue weighted by Gasteiger charge is -2.63. The number of phenols is 1. The Morgan fingerprint density at radius 2 is 2.17 bits per heavy atom. The highest BCUT2D eigenvalue weighted by atomic mass is 16.3. The Balaban J connectivity index is 2.01. The van der Waals surface area contributed by atoms with Crippen LogP contribution in [0.15, 0.2) is 24.3 Å². The molecule has 12 heavy (non-hydrogen) atoms. The van der Waals surface area contributed by atoms with Crippen molar-refractivity contribution < 1.29 is 5.11 Å². The summed E-state index contributed by atoms with van der Waals surface area (Å²) in [5.41, 5.74) is 1.48. The van der Waals surface area contributed by atoms with Crippen LogP contribution in [0.1, 0.15) is 18.4 Å². The van der Waals surface area contributed by atoms with E-state index in [1.54, 1.807) is 6.07 Å². The van der Waals surface area contributed by atoms with Gasteiger partial charge >= 0.3 is 0 Å². The lowest BCUT2D eigenvalue weighted by atomic mass is 9.59. The highest BCUT2D eigenvalue weighted by Gasteiger charge is 2.57. The van der Waals surface area contributed by atoms with Crippen LogP contribution >= 0.6 is 0 Å². The number of phenolic OH excluding ortho intramolecular Hbond substituents is 1. The number of rotatable bonds is 1. The molecule has 0 unspecified atom stereocenters. The molecule has 0 amide bonds. The van der Waals surface area contributed by atoms with E-state index in [-0.39, 0.29) is 5.54 Å². The second-order valence-electron chi connectivity index (χ2n) is 3.88. The molecule has 2 N–H and O–H groups in total. The second kappa shape index (κ2) is 1.83. The number of aromatic hydroxyl groups is 1. The molecule has 62 valence electrons. The minimum absolute atomic E-state index is 0.239. The maximum absolute atomic E-state index is 9.29. The molecule has 1 aromatic carbocycles. The van der Waals surface area contributed by atoms with Gasteiger partial charge < -0.3 is 10.4 Å². The van der Waals surface area contributed by atoms with Crippen LogP contribution in [-0.2, 0) is 5.54 Å². The summed E-state index contributed by atoms with van der Waals surface area (Å²) in [7, 11) is 0. The monoisotopic (exact) mass is 161 g/mol. The zero-order chi connectivity index (χ0) is 8.18. The van der Waals surface area contributed by atoms with E-state index in [4.69, 9.17) is 0 Å². The summed E-state index contributed by atoms with van der Waals surface area (Å²) in [6.45, 7) is 0. The van der Waals surface area contributed by atoms with Gasteiger partial charge in [0, 0.05) is 11.6 Å². The summed E-state index contributed by atoms with van der Waals surface area (Å²) in [6.07, 6.45) is 2.49. The molecule has 2 nitrogen and oxygen atoms in total. The van der Waals surface area contributed by atoms with E-state index < -0.39 is 0 Å². The van der Waals surface area contributed by atoms with Crippen LogP contribution in [0.25, 0.3) is 0 Å². The van der Waals surface area contributed by atoms with Crippen molar-refractivity contribution in [3.05, 3.63) is 29.8 Å². The van der Waals surface area contributed by atoms with E-state index in [0.717, 1.165) is 6.04 Å². The van der Waals surface area contributed by atoms with Gasteiger partial charge in [-0.05, 0) is 30.5 Å². The standard InChI is InChI=1S/C10H11NO/c12-9-3-1-2-7(4-9)10-5-8(6-10)11-10/h1-4,8,11-12H,5-6H2. The van der Waals surface area contributed by atoms with Crippen LogP contribution in [0, 0.1) is 0 Å². The van der Waals surface area contributed by atoms with Crippen LogP contribution in [0.2, 0.25) is 0 Å². The molecule has 2 heterocycles. The molecule has 1 saturated carbocycles. The van der Waals surface area contributed by atoms with Gasteiger partial charge in [0.2, 0.25) is 0 Å². The summed E-state index contributed by atoms with van der Waals surface area (Å²) in [4.78, 5) is 0. The Morgan fingerprint density at radius 3 is 2.67 bits per heavy atom. The summed E-state index contributed by atoms with van der Waals surface area (Å²) >= 11 is 0. The molecular formula is C10H11NO. The molecular weight excluding hydrogens is 150 g/mol. The Morgan fingerprint density at radius 1 is 1.42 bits per heavy atom. The van der Waals surface area contributed by atoms with Gasteiger partial charge in [-0.2, -0.15) is 0 Å². The largest absolute Gasteiger partial charge is 0.508 e. The van der Waals surface area contributed by atoms with E-state index in [1.165, 1.54) is 18.4 Å². The summed E-state index contributed by atoms with van der Waals surface area (Å²) in [5.74, 6) is 0.374. The van der Waals surface area contributed by atoms with Crippen molar-refractivity contribution in [1.82, 2.24) is 5.32 Å². The van der Waals surface area contributed by atoms with Gasteiger partial charge in [-0.15, -0.1) is 0 Å². The van der Waals surface area contributed by atoms with Gasteiger partial charge in [0.15, 0.2) is 0 Å². The van der Waals surface area contributed by atoms with E-state index in [9.17, 15) is 5.11 Å². The first-order valence-corrected chi connectivity index (χ1v) is 4.36. The smallest absolute Gasteiger partial charge is 0.115 e. The fourth-order valence-electron chi connectivity index (χ4n) is 2.25. The fourth-order valence-corrected chi connectivity index (χ4v) is 2.25. The number of hydrogen-bond donors (Lipinski definition) is 2. The molecule has 1 aliphatic carbocycles. The maximum atomic E-state index is 9.29. The van der Waals surface area contributed by atoms with Crippen molar-refractivity contribution in [3.8, 4) is 5.75 Å². The quantitative estimate of drug-likeness (QED) is 0.651. The van der Waals surface area contributed by atoms with Crippen molar-refractivity contribution in [1.29, 1.82) is 0 Å². The third-order valence-electron chi connectivity index (χ3n) is 3.07. The molecule has 2 aliphatic heterocycles. The zero-order valence-corrected chi connectivity index (χ0v) is 6.75. The molecule has 1 aromatic rings. The molecule has 2 saturated heterocycles. The van der Waals surface area contributed by atoms with Crippen molar-refractivity contribution in [2.75, 3.05) is 0 Å². The van der Waals surface area contributed by atoms with Crippen LogP contribution in [0.3, 0.4) is 0 Å². The fraction of sp³-hybridized carbons (Fsp3) is 0.400. The van der Waals surface area contributed by atoms with Crippen LogP contribution < -0.4 is 5.32 Å². The van der Waals surface area contributed by atoms with Crippen LogP contribution in [0.4, 0.5) is 0 Å². The average molecular weight is 161 g/mol. The molecule has 0 aromatic heterocycles. The predicted molar refractivity (Wildman–Crippen MR) is 45.9 cm³/mol. The SMILES string of the molecule is Oc1cccc(C23CC(C2)N3)c1. The van der Waals surface area contributed by atoms with Gasteiger partial charge in [0.05, 0.1) is 0 Å². The molecule has 4 rings (SSSR count). The van der Waals surface area contributed by atoms with Gasteiger partial charge in [0.1, 0.15) is 5.75 Å².